The van der Waals surface area contributed by atoms with Gasteiger partial charge in [-0.3, -0.25) is 0 Å². The van der Waals surface area contributed by atoms with Gasteiger partial charge in [0, 0.05) is 31.3 Å². The molecule has 0 radical (unpaired) electrons. The minimum atomic E-state index is 0.117. The highest BCUT2D eigenvalue weighted by Gasteiger charge is 2.18. The van der Waals surface area contributed by atoms with Gasteiger partial charge in [0.2, 0.25) is 0 Å². The first kappa shape index (κ1) is 13.5. The molecule has 0 bridgehead atoms. The van der Waals surface area contributed by atoms with Crippen molar-refractivity contribution in [2.45, 2.75) is 12.6 Å². The van der Waals surface area contributed by atoms with Crippen molar-refractivity contribution in [3.63, 3.8) is 0 Å². The number of aromatic nitrogens is 6. The Balaban J connectivity index is 1.78. The number of hydrogen-bond acceptors (Lipinski definition) is 3. The first-order valence-electron chi connectivity index (χ1n) is 7.44. The maximum atomic E-state index is 4.50. The van der Waals surface area contributed by atoms with Gasteiger partial charge >= 0.3 is 0 Å². The van der Waals surface area contributed by atoms with E-state index in [0.717, 1.165) is 18.1 Å². The largest absolute Gasteiger partial charge is 0.342 e. The summed E-state index contributed by atoms with van der Waals surface area (Å²) < 4.78 is 4.25. The van der Waals surface area contributed by atoms with Crippen molar-refractivity contribution < 1.29 is 0 Å². The summed E-state index contributed by atoms with van der Waals surface area (Å²) in [5.41, 5.74) is 2.13. The summed E-state index contributed by atoms with van der Waals surface area (Å²) in [6.07, 6.45) is 12.9. The first-order chi connectivity index (χ1) is 11.4. The molecule has 1 aromatic carbocycles. The molecule has 0 amide bonds. The van der Waals surface area contributed by atoms with Gasteiger partial charge < -0.3 is 14.1 Å². The maximum absolute atomic E-state index is 4.50. The summed E-state index contributed by atoms with van der Waals surface area (Å²) in [5, 5.41) is 0. The van der Waals surface area contributed by atoms with Crippen LogP contribution >= 0.6 is 0 Å². The minimum Gasteiger partial charge on any atom is -0.342 e. The molecule has 0 spiro atoms. The Kier molecular flexibility index (Phi) is 3.48. The van der Waals surface area contributed by atoms with E-state index >= 15 is 0 Å². The second-order valence-electron chi connectivity index (χ2n) is 5.31. The highest BCUT2D eigenvalue weighted by Crippen LogP contribution is 2.26. The van der Waals surface area contributed by atoms with Gasteiger partial charge in [-0.05, 0) is 5.56 Å². The zero-order valence-electron chi connectivity index (χ0n) is 12.4. The molecule has 0 fully saturated rings. The molecule has 3 aromatic heterocycles. The molecule has 114 valence electrons. The summed E-state index contributed by atoms with van der Waals surface area (Å²) in [6, 6.07) is 10.5. The van der Waals surface area contributed by atoms with Crippen LogP contribution in [0.4, 0.5) is 0 Å². The SMILES string of the molecule is c1ccc(C(Cn2ccnc2)n2ccnc2-c2cnc[nH]2)cc1. The highest BCUT2D eigenvalue weighted by molar-refractivity contribution is 5.48. The highest BCUT2D eigenvalue weighted by atomic mass is 15.1. The van der Waals surface area contributed by atoms with Crippen molar-refractivity contribution in [2.75, 3.05) is 0 Å². The fraction of sp³-hybridized carbons (Fsp3) is 0.118. The molecule has 6 heteroatoms. The molecule has 0 aliphatic heterocycles. The molecule has 0 aliphatic carbocycles. The van der Waals surface area contributed by atoms with Gasteiger partial charge in [-0.25, -0.2) is 15.0 Å². The van der Waals surface area contributed by atoms with E-state index in [0.29, 0.717) is 0 Å². The average molecular weight is 304 g/mol. The summed E-state index contributed by atoms with van der Waals surface area (Å²) in [6.45, 7) is 0.779. The topological polar surface area (TPSA) is 64.3 Å². The number of aromatic amines is 1. The van der Waals surface area contributed by atoms with E-state index in [1.807, 2.05) is 31.0 Å². The number of rotatable bonds is 5. The molecule has 1 unspecified atom stereocenters. The van der Waals surface area contributed by atoms with Crippen LogP contribution in [-0.4, -0.2) is 29.1 Å². The zero-order valence-corrected chi connectivity index (χ0v) is 12.4. The molecular formula is C17H16N6. The third-order valence-corrected chi connectivity index (χ3v) is 3.87. The Bertz CT molecular complexity index is 846. The molecule has 1 atom stereocenters. The number of H-pyrrole nitrogens is 1. The maximum Gasteiger partial charge on any atom is 0.158 e. The van der Waals surface area contributed by atoms with Gasteiger partial charge in [-0.1, -0.05) is 30.3 Å². The van der Waals surface area contributed by atoms with Crippen LogP contribution in [0.15, 0.2) is 74.0 Å². The third kappa shape index (κ3) is 2.66. The van der Waals surface area contributed by atoms with Gasteiger partial charge in [0.25, 0.3) is 0 Å². The molecule has 4 rings (SSSR count). The van der Waals surface area contributed by atoms with Crippen LogP contribution in [0.1, 0.15) is 11.6 Å². The van der Waals surface area contributed by atoms with Crippen molar-refractivity contribution >= 4 is 0 Å². The Morgan fingerprint density at radius 2 is 1.96 bits per heavy atom. The smallest absolute Gasteiger partial charge is 0.158 e. The van der Waals surface area contributed by atoms with Crippen LogP contribution in [0, 0.1) is 0 Å². The Morgan fingerprint density at radius 1 is 1.04 bits per heavy atom. The summed E-state index contributed by atoms with van der Waals surface area (Å²) in [7, 11) is 0. The molecule has 23 heavy (non-hydrogen) atoms. The predicted octanol–water partition coefficient (Wildman–Crippen LogP) is 2.76. The van der Waals surface area contributed by atoms with Crippen LogP contribution in [0.5, 0.6) is 0 Å². The average Bonchev–Trinajstić information content (AvgIpc) is 3.34. The van der Waals surface area contributed by atoms with E-state index < -0.39 is 0 Å². The van der Waals surface area contributed by atoms with Crippen LogP contribution in [0.3, 0.4) is 0 Å². The van der Waals surface area contributed by atoms with Gasteiger partial charge in [-0.2, -0.15) is 0 Å². The van der Waals surface area contributed by atoms with Crippen LogP contribution in [0.2, 0.25) is 0 Å². The molecular weight excluding hydrogens is 288 g/mol. The summed E-state index contributed by atoms with van der Waals surface area (Å²) >= 11 is 0. The second-order valence-corrected chi connectivity index (χ2v) is 5.31. The van der Waals surface area contributed by atoms with E-state index in [1.165, 1.54) is 5.56 Å². The van der Waals surface area contributed by atoms with Gasteiger partial charge in [0.05, 0.1) is 24.9 Å². The van der Waals surface area contributed by atoms with Crippen molar-refractivity contribution in [2.24, 2.45) is 0 Å². The van der Waals surface area contributed by atoms with Crippen LogP contribution in [-0.2, 0) is 6.54 Å². The van der Waals surface area contributed by atoms with E-state index in [4.69, 9.17) is 0 Å². The number of nitrogens with zero attached hydrogens (tertiary/aromatic N) is 5. The van der Waals surface area contributed by atoms with Gasteiger partial charge in [0.15, 0.2) is 5.82 Å². The van der Waals surface area contributed by atoms with Crippen LogP contribution < -0.4 is 0 Å². The molecule has 0 saturated carbocycles. The quantitative estimate of drug-likeness (QED) is 0.616. The molecule has 3 heterocycles. The minimum absolute atomic E-state index is 0.117. The van der Waals surface area contributed by atoms with E-state index in [-0.39, 0.29) is 6.04 Å². The number of imidazole rings is 3. The third-order valence-electron chi connectivity index (χ3n) is 3.87. The van der Waals surface area contributed by atoms with Crippen molar-refractivity contribution in [3.8, 4) is 11.5 Å². The fourth-order valence-electron chi connectivity index (χ4n) is 2.77. The standard InChI is InChI=1S/C17H16N6/c1-2-4-14(5-3-1)16(11-22-8-6-18-13-22)23-9-7-20-17(23)15-10-19-12-21-15/h1-10,12-13,16H,11H2,(H,19,21). The van der Waals surface area contributed by atoms with Gasteiger partial charge in [0.1, 0.15) is 5.69 Å². The van der Waals surface area contributed by atoms with Crippen LogP contribution in [0.25, 0.3) is 11.5 Å². The van der Waals surface area contributed by atoms with E-state index in [9.17, 15) is 0 Å². The molecule has 4 aromatic rings. The normalized spacial score (nSPS) is 12.3. The molecule has 6 nitrogen and oxygen atoms in total. The molecule has 0 saturated heterocycles. The number of hydrogen-bond donors (Lipinski definition) is 1. The summed E-state index contributed by atoms with van der Waals surface area (Å²) in [5.74, 6) is 0.872. The van der Waals surface area contributed by atoms with Crippen molar-refractivity contribution in [3.05, 3.63) is 79.5 Å². The lowest BCUT2D eigenvalue weighted by Crippen LogP contribution is -2.17. The number of benzene rings is 1. The monoisotopic (exact) mass is 304 g/mol. The Hall–Kier alpha value is -3.15. The lowest BCUT2D eigenvalue weighted by molar-refractivity contribution is 0.496. The van der Waals surface area contributed by atoms with Crippen molar-refractivity contribution in [1.82, 2.24) is 29.1 Å². The summed E-state index contributed by atoms with van der Waals surface area (Å²) in [4.78, 5) is 15.9. The van der Waals surface area contributed by atoms with E-state index in [2.05, 4.69) is 53.3 Å². The second kappa shape index (κ2) is 5.92. The molecule has 0 aliphatic rings. The number of nitrogens with one attached hydrogen (secondary N) is 1. The lowest BCUT2D eigenvalue weighted by Gasteiger charge is -2.21. The molecule has 1 N–H and O–H groups in total. The first-order valence-corrected chi connectivity index (χ1v) is 7.44. The zero-order chi connectivity index (χ0) is 15.5. The fourth-order valence-corrected chi connectivity index (χ4v) is 2.77. The predicted molar refractivity (Wildman–Crippen MR) is 86.6 cm³/mol. The Morgan fingerprint density at radius 3 is 2.70 bits per heavy atom. The lowest BCUT2D eigenvalue weighted by atomic mass is 10.1. The van der Waals surface area contributed by atoms with E-state index in [1.54, 1.807) is 18.7 Å². The van der Waals surface area contributed by atoms with Gasteiger partial charge in [-0.15, -0.1) is 0 Å². The Labute approximate surface area is 133 Å². The van der Waals surface area contributed by atoms with Crippen molar-refractivity contribution in [1.29, 1.82) is 0 Å².